The molecule has 36 heavy (non-hydrogen) atoms. The van der Waals surface area contributed by atoms with Crippen molar-refractivity contribution < 1.29 is 32.2 Å². The zero-order valence-electron chi connectivity index (χ0n) is 18.8. The summed E-state index contributed by atoms with van der Waals surface area (Å²) in [6.45, 7) is 0.707. The van der Waals surface area contributed by atoms with E-state index in [2.05, 4.69) is 4.98 Å². The van der Waals surface area contributed by atoms with Crippen molar-refractivity contribution in [2.45, 2.75) is 25.6 Å². The van der Waals surface area contributed by atoms with E-state index in [0.29, 0.717) is 42.8 Å². The number of carboxylic acid groups (broad SMARTS) is 1. The van der Waals surface area contributed by atoms with Gasteiger partial charge in [0.1, 0.15) is 29.4 Å². The van der Waals surface area contributed by atoms with Crippen LogP contribution in [0.15, 0.2) is 64.1 Å². The number of pyridine rings is 2. The molecule has 0 atom stereocenters. The topological polar surface area (TPSA) is 97.8 Å². The Morgan fingerprint density at radius 3 is 2.61 bits per heavy atom. The minimum atomic E-state index is -4.51. The van der Waals surface area contributed by atoms with Gasteiger partial charge in [-0.15, -0.1) is 0 Å². The van der Waals surface area contributed by atoms with E-state index in [0.717, 1.165) is 29.0 Å². The SMILES string of the molecule is O=C(O)N1CCc2oc3cc(-n4ccc(OCc5ccc(C(F)(F)F)nc5)cc4=O)ccc3c2CC1. The number of furan rings is 1. The highest BCUT2D eigenvalue weighted by atomic mass is 19.4. The van der Waals surface area contributed by atoms with Gasteiger partial charge in [-0.25, -0.2) is 4.79 Å². The lowest BCUT2D eigenvalue weighted by molar-refractivity contribution is -0.141. The zero-order valence-corrected chi connectivity index (χ0v) is 18.8. The highest BCUT2D eigenvalue weighted by Gasteiger charge is 2.32. The highest BCUT2D eigenvalue weighted by Crippen LogP contribution is 2.31. The zero-order chi connectivity index (χ0) is 25.4. The van der Waals surface area contributed by atoms with Crippen molar-refractivity contribution in [3.8, 4) is 11.4 Å². The molecule has 0 radical (unpaired) electrons. The van der Waals surface area contributed by atoms with Gasteiger partial charge in [-0.2, -0.15) is 13.2 Å². The van der Waals surface area contributed by atoms with Crippen LogP contribution in [0.2, 0.25) is 0 Å². The molecular weight excluding hydrogens is 479 g/mol. The van der Waals surface area contributed by atoms with Crippen LogP contribution in [0.25, 0.3) is 16.7 Å². The van der Waals surface area contributed by atoms with Crippen LogP contribution in [-0.2, 0) is 25.6 Å². The summed E-state index contributed by atoms with van der Waals surface area (Å²) in [6, 6.07) is 10.4. The number of halogens is 3. The smallest absolute Gasteiger partial charge is 0.433 e. The molecule has 8 nitrogen and oxygen atoms in total. The monoisotopic (exact) mass is 499 g/mol. The van der Waals surface area contributed by atoms with E-state index < -0.39 is 18.0 Å². The van der Waals surface area contributed by atoms with Crippen molar-refractivity contribution in [3.05, 3.63) is 87.8 Å². The van der Waals surface area contributed by atoms with Crippen molar-refractivity contribution in [2.75, 3.05) is 13.1 Å². The summed E-state index contributed by atoms with van der Waals surface area (Å²) < 4.78 is 50.9. The second-order valence-electron chi connectivity index (χ2n) is 8.36. The molecule has 5 rings (SSSR count). The highest BCUT2D eigenvalue weighted by molar-refractivity contribution is 5.84. The average molecular weight is 499 g/mol. The molecular formula is C25H20F3N3O5. The predicted octanol–water partition coefficient (Wildman–Crippen LogP) is 4.66. The average Bonchev–Trinajstić information content (AvgIpc) is 3.04. The Labute approximate surface area is 202 Å². The van der Waals surface area contributed by atoms with Gasteiger partial charge >= 0.3 is 12.3 Å². The molecule has 186 valence electrons. The van der Waals surface area contributed by atoms with E-state index in [4.69, 9.17) is 9.15 Å². The normalized spacial score (nSPS) is 13.9. The summed E-state index contributed by atoms with van der Waals surface area (Å²) in [5, 5.41) is 10.1. The second kappa shape index (κ2) is 9.06. The molecule has 1 aromatic carbocycles. The van der Waals surface area contributed by atoms with Gasteiger partial charge in [0.2, 0.25) is 0 Å². The Balaban J connectivity index is 1.32. The Hall–Kier alpha value is -4.28. The van der Waals surface area contributed by atoms with Gasteiger partial charge in [0.25, 0.3) is 5.56 Å². The van der Waals surface area contributed by atoms with E-state index in [-0.39, 0.29) is 17.9 Å². The lowest BCUT2D eigenvalue weighted by Gasteiger charge is -2.15. The Morgan fingerprint density at radius 2 is 1.92 bits per heavy atom. The van der Waals surface area contributed by atoms with Crippen LogP contribution in [0.3, 0.4) is 0 Å². The number of alkyl halides is 3. The third-order valence-electron chi connectivity index (χ3n) is 6.06. The molecule has 3 aromatic heterocycles. The third-order valence-corrected chi connectivity index (χ3v) is 6.06. The van der Waals surface area contributed by atoms with E-state index in [1.54, 1.807) is 24.4 Å². The summed E-state index contributed by atoms with van der Waals surface area (Å²) >= 11 is 0. The fourth-order valence-corrected chi connectivity index (χ4v) is 4.21. The van der Waals surface area contributed by atoms with Gasteiger partial charge < -0.3 is 19.2 Å². The first kappa shape index (κ1) is 23.5. The number of amides is 1. The standard InChI is InChI=1S/C25H20F3N3O5/c26-25(27,28)22-4-1-15(13-29-22)14-35-17-5-10-31(23(32)12-17)16-2-3-18-19-6-8-30(24(33)34)9-7-20(19)36-21(18)11-16/h1-5,10-13H,6-9,14H2,(H,33,34). The molecule has 0 spiro atoms. The molecule has 1 aliphatic heterocycles. The number of hydrogen-bond donors (Lipinski definition) is 1. The number of carbonyl (C=O) groups is 1. The van der Waals surface area contributed by atoms with Crippen molar-refractivity contribution in [3.63, 3.8) is 0 Å². The predicted molar refractivity (Wildman–Crippen MR) is 122 cm³/mol. The summed E-state index contributed by atoms with van der Waals surface area (Å²) in [5.41, 5.74) is 1.27. The largest absolute Gasteiger partial charge is 0.489 e. The van der Waals surface area contributed by atoms with Crippen LogP contribution in [0, 0.1) is 0 Å². The first-order valence-corrected chi connectivity index (χ1v) is 11.1. The van der Waals surface area contributed by atoms with Crippen LogP contribution in [0.1, 0.15) is 22.6 Å². The fourth-order valence-electron chi connectivity index (χ4n) is 4.21. The van der Waals surface area contributed by atoms with Crippen LogP contribution < -0.4 is 10.3 Å². The van der Waals surface area contributed by atoms with Crippen molar-refractivity contribution in [2.24, 2.45) is 0 Å². The lowest BCUT2D eigenvalue weighted by atomic mass is 10.1. The summed E-state index contributed by atoms with van der Waals surface area (Å²) in [4.78, 5) is 28.8. The molecule has 4 heterocycles. The van der Waals surface area contributed by atoms with Crippen molar-refractivity contribution in [1.82, 2.24) is 14.5 Å². The maximum Gasteiger partial charge on any atom is 0.433 e. The van der Waals surface area contributed by atoms with Gasteiger partial charge in [0, 0.05) is 60.5 Å². The number of fused-ring (bicyclic) bond motifs is 3. The van der Waals surface area contributed by atoms with Crippen LogP contribution in [0.4, 0.5) is 18.0 Å². The summed E-state index contributed by atoms with van der Waals surface area (Å²) in [5.74, 6) is 1.02. The van der Waals surface area contributed by atoms with Gasteiger partial charge in [-0.1, -0.05) is 6.07 Å². The Kier molecular flexibility index (Phi) is 5.91. The van der Waals surface area contributed by atoms with Crippen molar-refractivity contribution in [1.29, 1.82) is 0 Å². The minimum Gasteiger partial charge on any atom is -0.489 e. The van der Waals surface area contributed by atoms with E-state index in [9.17, 15) is 27.9 Å². The molecule has 4 aromatic rings. The lowest BCUT2D eigenvalue weighted by Crippen LogP contribution is -2.31. The molecule has 0 saturated heterocycles. The first-order valence-electron chi connectivity index (χ1n) is 11.1. The van der Waals surface area contributed by atoms with E-state index in [1.165, 1.54) is 21.6 Å². The molecule has 0 bridgehead atoms. The second-order valence-corrected chi connectivity index (χ2v) is 8.36. The number of benzene rings is 1. The van der Waals surface area contributed by atoms with Gasteiger partial charge in [0.05, 0.1) is 5.69 Å². The number of rotatable bonds is 4. The number of aromatic nitrogens is 2. The van der Waals surface area contributed by atoms with Crippen LogP contribution >= 0.6 is 0 Å². The molecule has 0 fully saturated rings. The number of nitrogens with zero attached hydrogens (tertiary/aromatic N) is 3. The Morgan fingerprint density at radius 1 is 1.11 bits per heavy atom. The van der Waals surface area contributed by atoms with E-state index >= 15 is 0 Å². The molecule has 1 amide bonds. The molecule has 11 heteroatoms. The fraction of sp³-hybridized carbons (Fsp3) is 0.240. The molecule has 1 N–H and O–H groups in total. The Bertz CT molecular complexity index is 1490. The van der Waals surface area contributed by atoms with Crippen LogP contribution in [-0.4, -0.2) is 38.7 Å². The van der Waals surface area contributed by atoms with Gasteiger partial charge in [0.15, 0.2) is 0 Å². The molecule has 0 aliphatic carbocycles. The maximum absolute atomic E-state index is 12.7. The first-order chi connectivity index (χ1) is 17.2. The summed E-state index contributed by atoms with van der Waals surface area (Å²) in [7, 11) is 0. The summed E-state index contributed by atoms with van der Waals surface area (Å²) in [6.07, 6.45) is -1.80. The number of hydrogen-bond acceptors (Lipinski definition) is 5. The quantitative estimate of drug-likeness (QED) is 0.439. The maximum atomic E-state index is 12.7. The number of ether oxygens (including phenoxy) is 1. The van der Waals surface area contributed by atoms with Gasteiger partial charge in [-0.05, 0) is 30.7 Å². The van der Waals surface area contributed by atoms with E-state index in [1.807, 2.05) is 6.07 Å². The van der Waals surface area contributed by atoms with Crippen LogP contribution in [0.5, 0.6) is 5.75 Å². The minimum absolute atomic E-state index is 0.0438. The molecule has 1 aliphatic rings. The molecule has 0 unspecified atom stereocenters. The third kappa shape index (κ3) is 4.64. The molecule has 0 saturated carbocycles. The van der Waals surface area contributed by atoms with Crippen molar-refractivity contribution >= 4 is 17.1 Å². The van der Waals surface area contributed by atoms with Gasteiger partial charge in [-0.3, -0.25) is 14.3 Å².